The lowest BCUT2D eigenvalue weighted by molar-refractivity contribution is 0.106. The van der Waals surface area contributed by atoms with Crippen molar-refractivity contribution in [1.29, 1.82) is 0 Å². The Morgan fingerprint density at radius 1 is 1.12 bits per heavy atom. The van der Waals surface area contributed by atoms with Crippen LogP contribution in [-0.4, -0.2) is 49.1 Å². The summed E-state index contributed by atoms with van der Waals surface area (Å²) in [5.74, 6) is 0. The molecular weight excluding hydrogens is 202 g/mol. The van der Waals surface area contributed by atoms with E-state index in [0.29, 0.717) is 6.54 Å². The molecule has 0 aromatic carbocycles. The van der Waals surface area contributed by atoms with E-state index in [1.807, 2.05) is 11.9 Å². The van der Waals surface area contributed by atoms with Gasteiger partial charge in [-0.15, -0.1) is 0 Å². The number of likely N-dealkylation sites (N-methyl/N-ethyl adjacent to an activating group) is 1. The summed E-state index contributed by atoms with van der Waals surface area (Å²) in [6.45, 7) is 0.572. The van der Waals surface area contributed by atoms with E-state index in [1.54, 1.807) is 19.0 Å². The van der Waals surface area contributed by atoms with E-state index in [9.17, 15) is 4.79 Å². The molecule has 0 radical (unpaired) electrons. The standard InChI is InChI=1S/C12H25N3O/c1-14(2)11(16)15(3)12(10-13)8-6-4-5-7-9-12/h4-10,13H2,1-3H3. The molecule has 1 aliphatic rings. The van der Waals surface area contributed by atoms with E-state index in [4.69, 9.17) is 5.73 Å². The van der Waals surface area contributed by atoms with E-state index in [2.05, 4.69) is 0 Å². The first-order valence-corrected chi connectivity index (χ1v) is 6.19. The maximum atomic E-state index is 12.0. The van der Waals surface area contributed by atoms with Gasteiger partial charge in [-0.2, -0.15) is 0 Å². The van der Waals surface area contributed by atoms with Crippen LogP contribution < -0.4 is 5.73 Å². The average molecular weight is 227 g/mol. The number of rotatable bonds is 2. The van der Waals surface area contributed by atoms with Crippen molar-refractivity contribution < 1.29 is 4.79 Å². The molecule has 1 fully saturated rings. The zero-order valence-corrected chi connectivity index (χ0v) is 10.8. The monoisotopic (exact) mass is 227 g/mol. The van der Waals surface area contributed by atoms with Gasteiger partial charge in [0, 0.05) is 27.7 Å². The zero-order chi connectivity index (χ0) is 12.2. The number of carbonyl (C=O) groups is 1. The van der Waals surface area contributed by atoms with Gasteiger partial charge in [-0.3, -0.25) is 0 Å². The number of nitrogens with two attached hydrogens (primary N) is 1. The minimum atomic E-state index is -0.113. The van der Waals surface area contributed by atoms with Crippen molar-refractivity contribution in [3.05, 3.63) is 0 Å². The summed E-state index contributed by atoms with van der Waals surface area (Å²) in [5.41, 5.74) is 5.82. The molecule has 0 bridgehead atoms. The second-order valence-corrected chi connectivity index (χ2v) is 5.08. The smallest absolute Gasteiger partial charge is 0.319 e. The Morgan fingerprint density at radius 3 is 2.00 bits per heavy atom. The third-order valence-corrected chi connectivity index (χ3v) is 3.80. The second kappa shape index (κ2) is 5.53. The van der Waals surface area contributed by atoms with Crippen LogP contribution in [0.3, 0.4) is 0 Å². The summed E-state index contributed by atoms with van der Waals surface area (Å²) in [6.07, 6.45) is 6.99. The lowest BCUT2D eigenvalue weighted by Crippen LogP contribution is -2.56. The third kappa shape index (κ3) is 2.67. The number of hydrogen-bond donors (Lipinski definition) is 1. The molecule has 94 valence electrons. The Kier molecular flexibility index (Phi) is 4.59. The molecule has 1 rings (SSSR count). The number of nitrogens with zero attached hydrogens (tertiary/aromatic N) is 2. The van der Waals surface area contributed by atoms with Gasteiger partial charge in [0.05, 0.1) is 5.54 Å². The van der Waals surface area contributed by atoms with Crippen molar-refractivity contribution in [3.8, 4) is 0 Å². The van der Waals surface area contributed by atoms with Crippen molar-refractivity contribution in [2.75, 3.05) is 27.7 Å². The third-order valence-electron chi connectivity index (χ3n) is 3.80. The highest BCUT2D eigenvalue weighted by molar-refractivity contribution is 5.74. The number of amides is 2. The second-order valence-electron chi connectivity index (χ2n) is 5.08. The molecule has 0 aliphatic heterocycles. The van der Waals surface area contributed by atoms with Crippen LogP contribution in [0.2, 0.25) is 0 Å². The summed E-state index contributed by atoms with van der Waals surface area (Å²) in [5, 5.41) is 0. The van der Waals surface area contributed by atoms with Crippen LogP contribution in [0.25, 0.3) is 0 Å². The van der Waals surface area contributed by atoms with Crippen LogP contribution >= 0.6 is 0 Å². The van der Waals surface area contributed by atoms with Crippen molar-refractivity contribution >= 4 is 6.03 Å². The van der Waals surface area contributed by atoms with Gasteiger partial charge in [0.1, 0.15) is 0 Å². The van der Waals surface area contributed by atoms with Crippen molar-refractivity contribution in [1.82, 2.24) is 9.80 Å². The quantitative estimate of drug-likeness (QED) is 0.729. The Balaban J connectivity index is 2.80. The largest absolute Gasteiger partial charge is 0.331 e. The van der Waals surface area contributed by atoms with Gasteiger partial charge in [-0.05, 0) is 12.8 Å². The van der Waals surface area contributed by atoms with Gasteiger partial charge in [0.2, 0.25) is 0 Å². The molecule has 4 heteroatoms. The van der Waals surface area contributed by atoms with Gasteiger partial charge in [0.15, 0.2) is 0 Å². The fraction of sp³-hybridized carbons (Fsp3) is 0.917. The van der Waals surface area contributed by atoms with Crippen LogP contribution in [0.5, 0.6) is 0 Å². The molecule has 0 aromatic heterocycles. The number of hydrogen-bond acceptors (Lipinski definition) is 2. The Morgan fingerprint density at radius 2 is 1.62 bits per heavy atom. The van der Waals surface area contributed by atoms with Crippen molar-refractivity contribution in [2.24, 2.45) is 5.73 Å². The van der Waals surface area contributed by atoms with E-state index in [1.165, 1.54) is 25.7 Å². The molecule has 0 unspecified atom stereocenters. The van der Waals surface area contributed by atoms with Gasteiger partial charge in [-0.1, -0.05) is 25.7 Å². The van der Waals surface area contributed by atoms with E-state index < -0.39 is 0 Å². The molecule has 4 nitrogen and oxygen atoms in total. The highest BCUT2D eigenvalue weighted by Crippen LogP contribution is 2.31. The summed E-state index contributed by atoms with van der Waals surface area (Å²) in [6, 6.07) is 0.0624. The predicted molar refractivity (Wildman–Crippen MR) is 66.3 cm³/mol. The number of carbonyl (C=O) groups excluding carboxylic acids is 1. The first-order chi connectivity index (χ1) is 7.53. The van der Waals surface area contributed by atoms with E-state index >= 15 is 0 Å². The Hall–Kier alpha value is -0.770. The fourth-order valence-electron chi connectivity index (χ4n) is 2.57. The van der Waals surface area contributed by atoms with Crippen LogP contribution in [0.4, 0.5) is 4.79 Å². The molecule has 0 atom stereocenters. The van der Waals surface area contributed by atoms with Gasteiger partial charge >= 0.3 is 6.03 Å². The summed E-state index contributed by atoms with van der Waals surface area (Å²) >= 11 is 0. The minimum absolute atomic E-state index is 0.0624. The van der Waals surface area contributed by atoms with Gasteiger partial charge in [-0.25, -0.2) is 4.79 Å². The minimum Gasteiger partial charge on any atom is -0.331 e. The highest BCUT2D eigenvalue weighted by Gasteiger charge is 2.36. The molecular formula is C12H25N3O. The van der Waals surface area contributed by atoms with Crippen LogP contribution in [0, 0.1) is 0 Å². The molecule has 0 aromatic rings. The van der Waals surface area contributed by atoms with Crippen LogP contribution in [-0.2, 0) is 0 Å². The summed E-state index contributed by atoms with van der Waals surface area (Å²) in [7, 11) is 5.47. The highest BCUT2D eigenvalue weighted by atomic mass is 16.2. The molecule has 1 aliphatic carbocycles. The molecule has 1 saturated carbocycles. The predicted octanol–water partition coefficient (Wildman–Crippen LogP) is 1.65. The summed E-state index contributed by atoms with van der Waals surface area (Å²) in [4.78, 5) is 15.5. The first-order valence-electron chi connectivity index (χ1n) is 6.19. The Bertz CT molecular complexity index is 232. The lowest BCUT2D eigenvalue weighted by atomic mass is 9.89. The van der Waals surface area contributed by atoms with Crippen LogP contribution in [0.15, 0.2) is 0 Å². The van der Waals surface area contributed by atoms with Crippen molar-refractivity contribution in [2.45, 2.75) is 44.1 Å². The SMILES string of the molecule is CN(C)C(=O)N(C)C1(CN)CCCCCC1. The molecule has 2 amide bonds. The Labute approximate surface area is 98.8 Å². The topological polar surface area (TPSA) is 49.6 Å². The number of urea groups is 1. The van der Waals surface area contributed by atoms with Crippen molar-refractivity contribution in [3.63, 3.8) is 0 Å². The zero-order valence-electron chi connectivity index (χ0n) is 10.8. The lowest BCUT2D eigenvalue weighted by Gasteiger charge is -2.41. The molecule has 0 heterocycles. The van der Waals surface area contributed by atoms with Gasteiger partial charge in [0.25, 0.3) is 0 Å². The average Bonchev–Trinajstić information content (AvgIpc) is 2.53. The molecule has 2 N–H and O–H groups in total. The molecule has 16 heavy (non-hydrogen) atoms. The van der Waals surface area contributed by atoms with E-state index in [-0.39, 0.29) is 11.6 Å². The molecule has 0 saturated heterocycles. The first kappa shape index (κ1) is 13.3. The van der Waals surface area contributed by atoms with Gasteiger partial charge < -0.3 is 15.5 Å². The fourth-order valence-corrected chi connectivity index (χ4v) is 2.57. The van der Waals surface area contributed by atoms with E-state index in [0.717, 1.165) is 12.8 Å². The summed E-state index contributed by atoms with van der Waals surface area (Å²) < 4.78 is 0. The van der Waals surface area contributed by atoms with Crippen LogP contribution in [0.1, 0.15) is 38.5 Å². The maximum Gasteiger partial charge on any atom is 0.319 e. The normalized spacial score (nSPS) is 20.0. The maximum absolute atomic E-state index is 12.0. The molecule has 0 spiro atoms.